The minimum Gasteiger partial charge on any atom is -0.236 e. The molecular formula is C15H9F3N4. The van der Waals surface area contributed by atoms with Gasteiger partial charge in [0.25, 0.3) is 0 Å². The Morgan fingerprint density at radius 1 is 1.23 bits per heavy atom. The van der Waals surface area contributed by atoms with Crippen LogP contribution in [0.3, 0.4) is 0 Å². The molecule has 22 heavy (non-hydrogen) atoms. The van der Waals surface area contributed by atoms with Crippen LogP contribution in [0.15, 0.2) is 36.7 Å². The van der Waals surface area contributed by atoms with Crippen LogP contribution in [-0.4, -0.2) is 14.6 Å². The molecule has 0 atom stereocenters. The third-order valence-electron chi connectivity index (χ3n) is 3.29. The maximum atomic E-state index is 12.9. The van der Waals surface area contributed by atoms with Crippen LogP contribution in [0.5, 0.6) is 0 Å². The molecule has 0 amide bonds. The Labute approximate surface area is 123 Å². The molecule has 0 saturated heterocycles. The van der Waals surface area contributed by atoms with Gasteiger partial charge in [0.05, 0.1) is 17.5 Å². The summed E-state index contributed by atoms with van der Waals surface area (Å²) in [4.78, 5) is 4.12. The van der Waals surface area contributed by atoms with Crippen molar-refractivity contribution in [3.8, 4) is 17.3 Å². The van der Waals surface area contributed by atoms with Crippen LogP contribution in [0, 0.1) is 18.3 Å². The fraction of sp³-hybridized carbons (Fsp3) is 0.133. The molecule has 0 radical (unpaired) electrons. The SMILES string of the molecule is Cc1cnc2c(C#N)cnn2c1-c1cccc(C(F)(F)F)c1. The lowest BCUT2D eigenvalue weighted by Gasteiger charge is -2.11. The van der Waals surface area contributed by atoms with Crippen LogP contribution in [0.1, 0.15) is 16.7 Å². The molecule has 0 N–H and O–H groups in total. The van der Waals surface area contributed by atoms with Gasteiger partial charge < -0.3 is 0 Å². The van der Waals surface area contributed by atoms with Crippen LogP contribution in [-0.2, 0) is 6.18 Å². The molecule has 7 heteroatoms. The van der Waals surface area contributed by atoms with Gasteiger partial charge >= 0.3 is 6.18 Å². The number of rotatable bonds is 1. The van der Waals surface area contributed by atoms with E-state index in [0.29, 0.717) is 22.5 Å². The molecule has 2 aromatic heterocycles. The lowest BCUT2D eigenvalue weighted by molar-refractivity contribution is -0.137. The summed E-state index contributed by atoms with van der Waals surface area (Å²) in [7, 11) is 0. The fourth-order valence-corrected chi connectivity index (χ4v) is 2.29. The van der Waals surface area contributed by atoms with Gasteiger partial charge in [-0.3, -0.25) is 0 Å². The van der Waals surface area contributed by atoms with E-state index in [9.17, 15) is 13.2 Å². The number of nitriles is 1. The Morgan fingerprint density at radius 2 is 2.00 bits per heavy atom. The predicted molar refractivity (Wildman–Crippen MR) is 72.9 cm³/mol. The van der Waals surface area contributed by atoms with Crippen LogP contribution >= 0.6 is 0 Å². The number of fused-ring (bicyclic) bond motifs is 1. The third kappa shape index (κ3) is 2.19. The summed E-state index contributed by atoms with van der Waals surface area (Å²) in [5.41, 5.74) is 1.38. The maximum absolute atomic E-state index is 12.9. The van der Waals surface area contributed by atoms with E-state index < -0.39 is 11.7 Å². The Balaban J connectivity index is 2.29. The third-order valence-corrected chi connectivity index (χ3v) is 3.29. The fourth-order valence-electron chi connectivity index (χ4n) is 2.29. The molecule has 0 aliphatic rings. The first-order valence-electron chi connectivity index (χ1n) is 6.33. The predicted octanol–water partition coefficient (Wildman–Crippen LogP) is 3.60. The van der Waals surface area contributed by atoms with Gasteiger partial charge in [0.2, 0.25) is 0 Å². The molecule has 4 nitrogen and oxygen atoms in total. The Hall–Kier alpha value is -2.88. The Bertz CT molecular complexity index is 903. The van der Waals surface area contributed by atoms with Crippen LogP contribution in [0.25, 0.3) is 16.9 Å². The minimum absolute atomic E-state index is 0.272. The highest BCUT2D eigenvalue weighted by Gasteiger charge is 2.30. The van der Waals surface area contributed by atoms with Crippen molar-refractivity contribution >= 4 is 5.65 Å². The lowest BCUT2D eigenvalue weighted by Crippen LogP contribution is -2.06. The van der Waals surface area contributed by atoms with E-state index in [1.807, 2.05) is 6.07 Å². The van der Waals surface area contributed by atoms with E-state index in [-0.39, 0.29) is 5.56 Å². The van der Waals surface area contributed by atoms with Crippen molar-refractivity contribution in [3.05, 3.63) is 53.3 Å². The number of hydrogen-bond donors (Lipinski definition) is 0. The zero-order valence-corrected chi connectivity index (χ0v) is 11.4. The number of hydrogen-bond acceptors (Lipinski definition) is 3. The van der Waals surface area contributed by atoms with Gasteiger partial charge in [-0.1, -0.05) is 12.1 Å². The summed E-state index contributed by atoms with van der Waals surface area (Å²) in [6, 6.07) is 6.96. The molecular weight excluding hydrogens is 293 g/mol. The average Bonchev–Trinajstić information content (AvgIpc) is 2.89. The monoisotopic (exact) mass is 302 g/mol. The van der Waals surface area contributed by atoms with E-state index >= 15 is 0 Å². The zero-order valence-electron chi connectivity index (χ0n) is 11.4. The molecule has 0 fully saturated rings. The van der Waals surface area contributed by atoms with Crippen molar-refractivity contribution < 1.29 is 13.2 Å². The maximum Gasteiger partial charge on any atom is 0.416 e. The number of nitrogens with zero attached hydrogens (tertiary/aromatic N) is 4. The van der Waals surface area contributed by atoms with E-state index in [1.54, 1.807) is 13.0 Å². The average molecular weight is 302 g/mol. The van der Waals surface area contributed by atoms with E-state index in [0.717, 1.165) is 12.1 Å². The summed E-state index contributed by atoms with van der Waals surface area (Å²) >= 11 is 0. The van der Waals surface area contributed by atoms with Crippen LogP contribution < -0.4 is 0 Å². The van der Waals surface area contributed by atoms with Gasteiger partial charge in [0, 0.05) is 11.8 Å². The van der Waals surface area contributed by atoms with Crippen molar-refractivity contribution in [2.24, 2.45) is 0 Å². The largest absolute Gasteiger partial charge is 0.416 e. The molecule has 0 bridgehead atoms. The minimum atomic E-state index is -4.42. The Kier molecular flexibility index (Phi) is 3.10. The highest BCUT2D eigenvalue weighted by molar-refractivity contribution is 5.68. The van der Waals surface area contributed by atoms with Crippen LogP contribution in [0.2, 0.25) is 0 Å². The van der Waals surface area contributed by atoms with Crippen molar-refractivity contribution in [1.82, 2.24) is 14.6 Å². The number of alkyl halides is 3. The highest BCUT2D eigenvalue weighted by Crippen LogP contribution is 2.33. The number of aryl methyl sites for hydroxylation is 1. The molecule has 1 aromatic carbocycles. The van der Waals surface area contributed by atoms with Gasteiger partial charge in [-0.2, -0.15) is 23.5 Å². The summed E-state index contributed by atoms with van der Waals surface area (Å²) in [5, 5.41) is 13.1. The van der Waals surface area contributed by atoms with Gasteiger partial charge in [-0.15, -0.1) is 0 Å². The molecule has 0 aliphatic heterocycles. The van der Waals surface area contributed by atoms with Gasteiger partial charge in [-0.25, -0.2) is 9.50 Å². The van der Waals surface area contributed by atoms with Gasteiger partial charge in [0.15, 0.2) is 5.65 Å². The molecule has 0 saturated carbocycles. The standard InChI is InChI=1S/C15H9F3N4/c1-9-7-20-14-11(6-19)8-21-22(14)13(9)10-3-2-4-12(5-10)15(16,17)18/h2-5,7-8H,1H3. The highest BCUT2D eigenvalue weighted by atomic mass is 19.4. The first-order valence-corrected chi connectivity index (χ1v) is 6.33. The van der Waals surface area contributed by atoms with E-state index in [4.69, 9.17) is 5.26 Å². The number of halogens is 3. The summed E-state index contributed by atoms with van der Waals surface area (Å²) < 4.78 is 40.0. The van der Waals surface area contributed by atoms with Crippen molar-refractivity contribution in [1.29, 1.82) is 5.26 Å². The summed E-state index contributed by atoms with van der Waals surface area (Å²) in [5.74, 6) is 0. The zero-order chi connectivity index (χ0) is 15.9. The molecule has 0 aliphatic carbocycles. The van der Waals surface area contributed by atoms with Crippen molar-refractivity contribution in [2.45, 2.75) is 13.1 Å². The second-order valence-electron chi connectivity index (χ2n) is 4.77. The number of aromatic nitrogens is 3. The first kappa shape index (κ1) is 14.1. The molecule has 2 heterocycles. The van der Waals surface area contributed by atoms with E-state index in [1.165, 1.54) is 23.0 Å². The first-order chi connectivity index (χ1) is 10.4. The normalized spacial score (nSPS) is 11.6. The Morgan fingerprint density at radius 3 is 2.68 bits per heavy atom. The lowest BCUT2D eigenvalue weighted by atomic mass is 10.0. The van der Waals surface area contributed by atoms with Crippen molar-refractivity contribution in [3.63, 3.8) is 0 Å². The molecule has 3 aromatic rings. The van der Waals surface area contributed by atoms with Crippen LogP contribution in [0.4, 0.5) is 13.2 Å². The molecule has 0 unspecified atom stereocenters. The van der Waals surface area contributed by atoms with Crippen molar-refractivity contribution in [2.75, 3.05) is 0 Å². The smallest absolute Gasteiger partial charge is 0.236 e. The summed E-state index contributed by atoms with van der Waals surface area (Å²) in [6.45, 7) is 1.73. The molecule has 0 spiro atoms. The summed E-state index contributed by atoms with van der Waals surface area (Å²) in [6.07, 6.45) is -1.55. The second kappa shape index (κ2) is 4.84. The van der Waals surface area contributed by atoms with E-state index in [2.05, 4.69) is 10.1 Å². The van der Waals surface area contributed by atoms with Gasteiger partial charge in [0.1, 0.15) is 11.6 Å². The number of benzene rings is 1. The quantitative estimate of drug-likeness (QED) is 0.690. The molecule has 110 valence electrons. The molecule has 3 rings (SSSR count). The van der Waals surface area contributed by atoms with Gasteiger partial charge in [-0.05, 0) is 24.6 Å². The second-order valence-corrected chi connectivity index (χ2v) is 4.77. The topological polar surface area (TPSA) is 54.0 Å².